The molecule has 11 heavy (non-hydrogen) atoms. The molecule has 0 aliphatic rings. The number of aliphatic carboxylic acids is 1. The summed E-state index contributed by atoms with van der Waals surface area (Å²) in [6.07, 6.45) is 3.35. The molecule has 0 fully saturated rings. The van der Waals surface area contributed by atoms with Crippen molar-refractivity contribution in [2.45, 2.75) is 6.42 Å². The Morgan fingerprint density at radius 1 is 1.73 bits per heavy atom. The van der Waals surface area contributed by atoms with Crippen LogP contribution in [0.5, 0.6) is 0 Å². The van der Waals surface area contributed by atoms with Crippen LogP contribution >= 0.6 is 0 Å². The van der Waals surface area contributed by atoms with Crippen molar-refractivity contribution in [2.24, 2.45) is 0 Å². The summed E-state index contributed by atoms with van der Waals surface area (Å²) in [4.78, 5) is 9.94. The molecular formula is C7H13NO3. The molecule has 4 nitrogen and oxygen atoms in total. The fourth-order valence-corrected chi connectivity index (χ4v) is 0.532. The van der Waals surface area contributed by atoms with E-state index in [1.54, 1.807) is 7.11 Å². The average molecular weight is 159 g/mol. The maximum absolute atomic E-state index is 9.94. The minimum atomic E-state index is -0.941. The first-order valence-electron chi connectivity index (χ1n) is 3.39. The van der Waals surface area contributed by atoms with Crippen molar-refractivity contribution in [1.29, 1.82) is 0 Å². The molecule has 0 saturated carbocycles. The van der Waals surface area contributed by atoms with Gasteiger partial charge in [0.25, 0.3) is 0 Å². The Morgan fingerprint density at radius 2 is 2.45 bits per heavy atom. The lowest BCUT2D eigenvalue weighted by Gasteiger charge is -1.97. The fourth-order valence-electron chi connectivity index (χ4n) is 0.532. The molecule has 0 aliphatic carbocycles. The predicted octanol–water partition coefficient (Wildman–Crippen LogP) is 0.211. The molecule has 0 aromatic heterocycles. The molecule has 2 N–H and O–H groups in total. The quantitative estimate of drug-likeness (QED) is 0.429. The summed E-state index contributed by atoms with van der Waals surface area (Å²) in [6.45, 7) is 1.42. The van der Waals surface area contributed by atoms with E-state index < -0.39 is 5.97 Å². The second-order valence-electron chi connectivity index (χ2n) is 1.97. The third kappa shape index (κ3) is 8.97. The molecule has 0 unspecified atom stereocenters. The molecular weight excluding hydrogens is 146 g/mol. The molecule has 0 aromatic rings. The number of carboxylic acids is 1. The summed E-state index contributed by atoms with van der Waals surface area (Å²) in [5.41, 5.74) is 0. The molecule has 0 spiro atoms. The summed E-state index contributed by atoms with van der Waals surface area (Å²) in [5, 5.41) is 11.0. The van der Waals surface area contributed by atoms with E-state index in [-0.39, 0.29) is 0 Å². The number of hydrogen-bond donors (Lipinski definition) is 2. The number of methoxy groups -OCH3 is 1. The van der Waals surface area contributed by atoms with Crippen LogP contribution in [0.4, 0.5) is 0 Å². The Balaban J connectivity index is 3.07. The summed E-state index contributed by atoms with van der Waals surface area (Å²) in [6, 6.07) is 0. The highest BCUT2D eigenvalue weighted by atomic mass is 16.5. The van der Waals surface area contributed by atoms with Crippen LogP contribution in [0.3, 0.4) is 0 Å². The van der Waals surface area contributed by atoms with Gasteiger partial charge < -0.3 is 15.2 Å². The van der Waals surface area contributed by atoms with Gasteiger partial charge in [0.05, 0.1) is 0 Å². The highest BCUT2D eigenvalue weighted by Gasteiger charge is 1.84. The lowest BCUT2D eigenvalue weighted by atomic mass is 10.4. The van der Waals surface area contributed by atoms with Crippen molar-refractivity contribution < 1.29 is 14.6 Å². The summed E-state index contributed by atoms with van der Waals surface area (Å²) >= 11 is 0. The van der Waals surface area contributed by atoms with Gasteiger partial charge in [0.2, 0.25) is 0 Å². The average Bonchev–Trinajstić information content (AvgIpc) is 1.96. The van der Waals surface area contributed by atoms with Crippen LogP contribution in [0.25, 0.3) is 0 Å². The summed E-state index contributed by atoms with van der Waals surface area (Å²) < 4.78 is 4.79. The number of rotatable bonds is 6. The SMILES string of the molecule is COCCCN/C=C/C(=O)O. The van der Waals surface area contributed by atoms with E-state index >= 15 is 0 Å². The first-order valence-corrected chi connectivity index (χ1v) is 3.39. The molecule has 0 amide bonds. The second kappa shape index (κ2) is 7.08. The van der Waals surface area contributed by atoms with Gasteiger partial charge in [-0.1, -0.05) is 0 Å². The molecule has 0 aliphatic heterocycles. The smallest absolute Gasteiger partial charge is 0.329 e. The van der Waals surface area contributed by atoms with Crippen LogP contribution in [0.1, 0.15) is 6.42 Å². The molecule has 0 bridgehead atoms. The first-order chi connectivity index (χ1) is 5.27. The van der Waals surface area contributed by atoms with Gasteiger partial charge in [-0.25, -0.2) is 4.79 Å². The molecule has 0 radical (unpaired) electrons. The third-order valence-corrected chi connectivity index (χ3v) is 1.01. The van der Waals surface area contributed by atoms with Crippen molar-refractivity contribution in [2.75, 3.05) is 20.3 Å². The molecule has 4 heteroatoms. The van der Waals surface area contributed by atoms with E-state index in [9.17, 15) is 4.79 Å². The van der Waals surface area contributed by atoms with Crippen LogP contribution in [0.2, 0.25) is 0 Å². The lowest BCUT2D eigenvalue weighted by Crippen LogP contribution is -2.09. The monoisotopic (exact) mass is 159 g/mol. The van der Waals surface area contributed by atoms with Crippen molar-refractivity contribution in [3.8, 4) is 0 Å². The number of hydrogen-bond acceptors (Lipinski definition) is 3. The van der Waals surface area contributed by atoms with E-state index in [0.29, 0.717) is 6.61 Å². The van der Waals surface area contributed by atoms with E-state index in [4.69, 9.17) is 9.84 Å². The van der Waals surface area contributed by atoms with Crippen LogP contribution in [0, 0.1) is 0 Å². The van der Waals surface area contributed by atoms with E-state index in [2.05, 4.69) is 5.32 Å². The first kappa shape index (κ1) is 9.97. The molecule has 0 saturated heterocycles. The van der Waals surface area contributed by atoms with Gasteiger partial charge in [0.15, 0.2) is 0 Å². The van der Waals surface area contributed by atoms with Crippen molar-refractivity contribution >= 4 is 5.97 Å². The van der Waals surface area contributed by atoms with E-state index in [0.717, 1.165) is 19.0 Å². The maximum atomic E-state index is 9.94. The zero-order valence-electron chi connectivity index (χ0n) is 6.54. The van der Waals surface area contributed by atoms with Gasteiger partial charge in [-0.2, -0.15) is 0 Å². The second-order valence-corrected chi connectivity index (χ2v) is 1.97. The normalized spacial score (nSPS) is 10.3. The zero-order chi connectivity index (χ0) is 8.53. The van der Waals surface area contributed by atoms with Gasteiger partial charge in [-0.3, -0.25) is 0 Å². The van der Waals surface area contributed by atoms with Gasteiger partial charge >= 0.3 is 5.97 Å². The topological polar surface area (TPSA) is 58.6 Å². The fraction of sp³-hybridized carbons (Fsp3) is 0.571. The van der Waals surface area contributed by atoms with Gasteiger partial charge in [-0.15, -0.1) is 0 Å². The maximum Gasteiger partial charge on any atom is 0.329 e. The van der Waals surface area contributed by atoms with Crippen LogP contribution in [0.15, 0.2) is 12.3 Å². The Kier molecular flexibility index (Phi) is 6.42. The Morgan fingerprint density at radius 3 is 3.00 bits per heavy atom. The number of carboxylic acid groups (broad SMARTS) is 1. The molecule has 0 rings (SSSR count). The molecule has 0 atom stereocenters. The van der Waals surface area contributed by atoms with Crippen LogP contribution in [-0.4, -0.2) is 31.3 Å². The van der Waals surface area contributed by atoms with E-state index in [1.807, 2.05) is 0 Å². The van der Waals surface area contributed by atoms with Crippen LogP contribution < -0.4 is 5.32 Å². The highest BCUT2D eigenvalue weighted by molar-refractivity contribution is 5.79. The minimum Gasteiger partial charge on any atom is -0.478 e. The zero-order valence-corrected chi connectivity index (χ0v) is 6.54. The van der Waals surface area contributed by atoms with E-state index in [1.165, 1.54) is 6.20 Å². The molecule has 0 aromatic carbocycles. The van der Waals surface area contributed by atoms with Gasteiger partial charge in [0, 0.05) is 32.5 Å². The lowest BCUT2D eigenvalue weighted by molar-refractivity contribution is -0.131. The highest BCUT2D eigenvalue weighted by Crippen LogP contribution is 1.76. The number of ether oxygens (including phenoxy) is 1. The predicted molar refractivity (Wildman–Crippen MR) is 41.3 cm³/mol. The summed E-state index contributed by atoms with van der Waals surface area (Å²) in [7, 11) is 1.63. The largest absolute Gasteiger partial charge is 0.478 e. The van der Waals surface area contributed by atoms with Gasteiger partial charge in [-0.05, 0) is 6.42 Å². The van der Waals surface area contributed by atoms with Crippen molar-refractivity contribution in [3.63, 3.8) is 0 Å². The minimum absolute atomic E-state index is 0.688. The van der Waals surface area contributed by atoms with Gasteiger partial charge in [0.1, 0.15) is 0 Å². The van der Waals surface area contributed by atoms with Crippen molar-refractivity contribution in [3.05, 3.63) is 12.3 Å². The molecule has 0 heterocycles. The summed E-state index contributed by atoms with van der Waals surface area (Å²) in [5.74, 6) is -0.941. The number of carbonyl (C=O) groups is 1. The molecule has 64 valence electrons. The van der Waals surface area contributed by atoms with Crippen LogP contribution in [-0.2, 0) is 9.53 Å². The standard InChI is InChI=1S/C7H13NO3/c1-11-6-2-4-8-5-3-7(9)10/h3,5,8H,2,4,6H2,1H3,(H,9,10)/b5-3+. The van der Waals surface area contributed by atoms with Crippen molar-refractivity contribution in [1.82, 2.24) is 5.32 Å². The third-order valence-electron chi connectivity index (χ3n) is 1.01. The number of nitrogens with one attached hydrogen (secondary N) is 1. The Bertz CT molecular complexity index is 134. The Labute approximate surface area is 65.9 Å². The Hall–Kier alpha value is -1.03.